The zero-order valence-electron chi connectivity index (χ0n) is 24.8. The lowest BCUT2D eigenvalue weighted by molar-refractivity contribution is -0.704. The van der Waals surface area contributed by atoms with Gasteiger partial charge in [-0.05, 0) is 117 Å². The van der Waals surface area contributed by atoms with E-state index in [0.717, 1.165) is 58.0 Å². The van der Waals surface area contributed by atoms with Crippen LogP contribution in [0, 0.1) is 19.7 Å². The molecule has 0 radical (unpaired) electrons. The molecule has 0 fully saturated rings. The molecule has 1 heterocycles. The maximum absolute atomic E-state index is 15.1. The number of nitrogens with zero attached hydrogens (tertiary/aromatic N) is 3. The van der Waals surface area contributed by atoms with Crippen LogP contribution in [0.5, 0.6) is 0 Å². The summed E-state index contributed by atoms with van der Waals surface area (Å²) in [6.45, 7) is 8.55. The normalized spacial score (nSPS) is 13.0. The van der Waals surface area contributed by atoms with Crippen molar-refractivity contribution in [2.45, 2.75) is 46.6 Å². The Kier molecular flexibility index (Phi) is 7.62. The molecule has 210 valence electrons. The quantitative estimate of drug-likeness (QED) is 0.182. The molecule has 0 N–H and O–H groups in total. The zero-order chi connectivity index (χ0) is 29.2. The van der Waals surface area contributed by atoms with Crippen LogP contribution in [0.3, 0.4) is 0 Å². The number of benzene rings is 4. The summed E-state index contributed by atoms with van der Waals surface area (Å²) < 4.78 is 19.4. The summed E-state index contributed by atoms with van der Waals surface area (Å²) in [5, 5.41) is 0. The van der Waals surface area contributed by atoms with Crippen LogP contribution in [0.15, 0.2) is 127 Å². The molecule has 4 heteroatoms. The molecule has 3 nitrogen and oxygen atoms in total. The van der Waals surface area contributed by atoms with Gasteiger partial charge >= 0.3 is 0 Å². The van der Waals surface area contributed by atoms with Gasteiger partial charge < -0.3 is 4.90 Å². The van der Waals surface area contributed by atoms with E-state index in [1.807, 2.05) is 12.1 Å². The third-order valence-electron chi connectivity index (χ3n) is 7.94. The van der Waals surface area contributed by atoms with Gasteiger partial charge in [0, 0.05) is 17.1 Å². The summed E-state index contributed by atoms with van der Waals surface area (Å²) in [7, 11) is 0. The molecule has 0 unspecified atom stereocenters. The number of aryl methyl sites for hydroxylation is 2. The lowest BCUT2D eigenvalue weighted by Gasteiger charge is -2.28. The number of aromatic nitrogens is 2. The van der Waals surface area contributed by atoms with E-state index in [1.165, 1.54) is 11.8 Å². The molecule has 0 saturated carbocycles. The SMILES string of the molecule is Cc1cc(-c2cccc(N(C3=CCCC=C3)c3ccccc3)c2)cc(C)c1-n1cc[n+](C(C)C)c1-c1ccccc1F. The summed E-state index contributed by atoms with van der Waals surface area (Å²) in [5.41, 5.74) is 9.73. The van der Waals surface area contributed by atoms with E-state index in [9.17, 15) is 0 Å². The first kappa shape index (κ1) is 27.5. The summed E-state index contributed by atoms with van der Waals surface area (Å²) >= 11 is 0. The first-order valence-corrected chi connectivity index (χ1v) is 14.7. The molecule has 5 aromatic rings. The summed E-state index contributed by atoms with van der Waals surface area (Å²) in [4.78, 5) is 2.33. The lowest BCUT2D eigenvalue weighted by Crippen LogP contribution is -2.37. The van der Waals surface area contributed by atoms with Gasteiger partial charge in [0.25, 0.3) is 5.82 Å². The van der Waals surface area contributed by atoms with Crippen molar-refractivity contribution in [3.8, 4) is 28.2 Å². The molecular weight excluding hydrogens is 517 g/mol. The van der Waals surface area contributed by atoms with E-state index < -0.39 is 0 Å². The van der Waals surface area contributed by atoms with Crippen molar-refractivity contribution in [3.05, 3.63) is 144 Å². The third kappa shape index (κ3) is 5.21. The average molecular weight is 555 g/mol. The first-order chi connectivity index (χ1) is 20.4. The number of imidazole rings is 1. The molecule has 6 rings (SSSR count). The van der Waals surface area contributed by atoms with Crippen LogP contribution in [-0.4, -0.2) is 4.57 Å². The molecule has 0 aliphatic heterocycles. The second kappa shape index (κ2) is 11.7. The minimum absolute atomic E-state index is 0.185. The molecule has 0 atom stereocenters. The molecule has 1 aliphatic carbocycles. The fourth-order valence-electron chi connectivity index (χ4n) is 6.03. The third-order valence-corrected chi connectivity index (χ3v) is 7.94. The Balaban J connectivity index is 1.44. The van der Waals surface area contributed by atoms with E-state index >= 15 is 4.39 Å². The van der Waals surface area contributed by atoms with Gasteiger partial charge in [-0.1, -0.05) is 54.6 Å². The second-order valence-corrected chi connectivity index (χ2v) is 11.3. The summed E-state index contributed by atoms with van der Waals surface area (Å²) in [5.74, 6) is 0.623. The molecule has 1 aromatic heterocycles. The maximum atomic E-state index is 15.1. The highest BCUT2D eigenvalue weighted by molar-refractivity contribution is 5.77. The summed E-state index contributed by atoms with van der Waals surface area (Å²) in [6, 6.07) is 31.0. The van der Waals surface area contributed by atoms with E-state index in [2.05, 4.69) is 139 Å². The minimum Gasteiger partial charge on any atom is -0.311 e. The van der Waals surface area contributed by atoms with Crippen molar-refractivity contribution in [1.29, 1.82) is 0 Å². The molecule has 0 saturated heterocycles. The van der Waals surface area contributed by atoms with Crippen molar-refractivity contribution in [2.75, 3.05) is 4.90 Å². The van der Waals surface area contributed by atoms with Crippen LogP contribution in [0.1, 0.15) is 43.9 Å². The Bertz CT molecular complexity index is 1770. The van der Waals surface area contributed by atoms with E-state index in [4.69, 9.17) is 0 Å². The Morgan fingerprint density at radius 2 is 1.50 bits per heavy atom. The molecule has 0 amide bonds. The highest BCUT2D eigenvalue weighted by Gasteiger charge is 2.27. The van der Waals surface area contributed by atoms with Crippen LogP contribution < -0.4 is 9.47 Å². The second-order valence-electron chi connectivity index (χ2n) is 11.3. The summed E-state index contributed by atoms with van der Waals surface area (Å²) in [6.07, 6.45) is 13.0. The standard InChI is InChI=1S/C38H37FN3/c1-27(2)40-22-23-41(38(40)35-20-11-12-21-36(35)39)37-28(3)24-31(25-29(37)4)30-14-13-19-34(26-30)42(32-15-7-5-8-16-32)33-17-9-6-10-18-33/h5,7-9,11-27H,6,10H2,1-4H3/q+1. The average Bonchev–Trinajstić information content (AvgIpc) is 3.43. The molecular formula is C38H37FN3+. The van der Waals surface area contributed by atoms with E-state index in [-0.39, 0.29) is 11.9 Å². The van der Waals surface area contributed by atoms with Gasteiger partial charge in [0.2, 0.25) is 0 Å². The van der Waals surface area contributed by atoms with Crippen molar-refractivity contribution in [2.24, 2.45) is 0 Å². The van der Waals surface area contributed by atoms with Gasteiger partial charge in [0.15, 0.2) is 0 Å². The van der Waals surface area contributed by atoms with Crippen LogP contribution in [0.2, 0.25) is 0 Å². The van der Waals surface area contributed by atoms with Gasteiger partial charge in [-0.3, -0.25) is 0 Å². The van der Waals surface area contributed by atoms with Crippen LogP contribution in [0.25, 0.3) is 28.2 Å². The van der Waals surface area contributed by atoms with Crippen LogP contribution in [0.4, 0.5) is 15.8 Å². The highest BCUT2D eigenvalue weighted by Crippen LogP contribution is 2.36. The van der Waals surface area contributed by atoms with Crippen LogP contribution in [-0.2, 0) is 0 Å². The Hall–Kier alpha value is -4.70. The van der Waals surface area contributed by atoms with Gasteiger partial charge in [-0.15, -0.1) is 0 Å². The number of allylic oxidation sites excluding steroid dienone is 3. The predicted octanol–water partition coefficient (Wildman–Crippen LogP) is 9.81. The van der Waals surface area contributed by atoms with Crippen molar-refractivity contribution < 1.29 is 8.96 Å². The predicted molar refractivity (Wildman–Crippen MR) is 172 cm³/mol. The zero-order valence-corrected chi connectivity index (χ0v) is 24.8. The number of anilines is 2. The number of halogens is 1. The van der Waals surface area contributed by atoms with Gasteiger partial charge in [0.1, 0.15) is 29.5 Å². The van der Waals surface area contributed by atoms with Crippen molar-refractivity contribution in [3.63, 3.8) is 0 Å². The maximum Gasteiger partial charge on any atom is 0.297 e. The molecule has 4 aromatic carbocycles. The lowest BCUT2D eigenvalue weighted by atomic mass is 9.97. The number of rotatable bonds is 7. The number of hydrogen-bond acceptors (Lipinski definition) is 1. The number of para-hydroxylation sites is 1. The molecule has 42 heavy (non-hydrogen) atoms. The molecule has 0 bridgehead atoms. The Labute approximate surface area is 248 Å². The first-order valence-electron chi connectivity index (χ1n) is 14.7. The van der Waals surface area contributed by atoms with Crippen LogP contribution >= 0.6 is 0 Å². The minimum atomic E-state index is -0.221. The smallest absolute Gasteiger partial charge is 0.297 e. The molecule has 1 aliphatic rings. The number of hydrogen-bond donors (Lipinski definition) is 0. The van der Waals surface area contributed by atoms with Gasteiger partial charge in [-0.25, -0.2) is 8.96 Å². The largest absolute Gasteiger partial charge is 0.311 e. The van der Waals surface area contributed by atoms with Crippen molar-refractivity contribution in [1.82, 2.24) is 4.57 Å². The Morgan fingerprint density at radius 1 is 0.786 bits per heavy atom. The monoisotopic (exact) mass is 554 g/mol. The fraction of sp³-hybridized carbons (Fsp3) is 0.184. The Morgan fingerprint density at radius 3 is 2.19 bits per heavy atom. The van der Waals surface area contributed by atoms with E-state index in [0.29, 0.717) is 5.56 Å². The fourth-order valence-corrected chi connectivity index (χ4v) is 6.03. The van der Waals surface area contributed by atoms with Gasteiger partial charge in [-0.2, -0.15) is 4.57 Å². The topological polar surface area (TPSA) is 12.1 Å². The van der Waals surface area contributed by atoms with E-state index in [1.54, 1.807) is 6.07 Å². The highest BCUT2D eigenvalue weighted by atomic mass is 19.1. The molecule has 0 spiro atoms. The van der Waals surface area contributed by atoms with Gasteiger partial charge in [0.05, 0.1) is 6.04 Å². The van der Waals surface area contributed by atoms with Crippen molar-refractivity contribution >= 4 is 11.4 Å².